The molecule has 0 aliphatic rings. The SMILES string of the molecule is CCS(=O)(=O)c1ccc(CCC(=O)NC(C)c2ccc(F)c3ccccc23)cc1. The Kier molecular flexibility index (Phi) is 6.33. The van der Waals surface area contributed by atoms with Crippen molar-refractivity contribution in [3.8, 4) is 0 Å². The van der Waals surface area contributed by atoms with Crippen molar-refractivity contribution in [1.82, 2.24) is 5.32 Å². The normalized spacial score (nSPS) is 12.7. The summed E-state index contributed by atoms with van der Waals surface area (Å²) >= 11 is 0. The zero-order chi connectivity index (χ0) is 21.0. The maximum absolute atomic E-state index is 14.0. The van der Waals surface area contributed by atoms with Crippen molar-refractivity contribution in [2.75, 3.05) is 5.75 Å². The van der Waals surface area contributed by atoms with Crippen LogP contribution in [0.2, 0.25) is 0 Å². The number of carbonyl (C=O) groups excluding carboxylic acids is 1. The molecule has 3 aromatic carbocycles. The van der Waals surface area contributed by atoms with Crippen LogP contribution in [0, 0.1) is 5.82 Å². The van der Waals surface area contributed by atoms with E-state index in [1.165, 1.54) is 6.07 Å². The van der Waals surface area contributed by atoms with Crippen molar-refractivity contribution >= 4 is 26.5 Å². The highest BCUT2D eigenvalue weighted by molar-refractivity contribution is 7.91. The van der Waals surface area contributed by atoms with Crippen LogP contribution in [0.15, 0.2) is 65.6 Å². The summed E-state index contributed by atoms with van der Waals surface area (Å²) < 4.78 is 37.7. The fraction of sp³-hybridized carbons (Fsp3) is 0.261. The number of fused-ring (bicyclic) bond motifs is 1. The highest BCUT2D eigenvalue weighted by atomic mass is 32.2. The second-order valence-corrected chi connectivity index (χ2v) is 9.30. The van der Waals surface area contributed by atoms with Crippen LogP contribution >= 0.6 is 0 Å². The van der Waals surface area contributed by atoms with Crippen molar-refractivity contribution in [2.45, 2.75) is 37.6 Å². The third-order valence-corrected chi connectivity index (χ3v) is 6.80. The molecule has 1 unspecified atom stereocenters. The lowest BCUT2D eigenvalue weighted by Gasteiger charge is -2.17. The van der Waals surface area contributed by atoms with Gasteiger partial charge in [0.15, 0.2) is 9.84 Å². The summed E-state index contributed by atoms with van der Waals surface area (Å²) in [5, 5.41) is 4.29. The van der Waals surface area contributed by atoms with Gasteiger partial charge >= 0.3 is 0 Å². The van der Waals surface area contributed by atoms with Crippen LogP contribution in [0.1, 0.15) is 37.4 Å². The van der Waals surface area contributed by atoms with Gasteiger partial charge in [-0.1, -0.05) is 49.4 Å². The van der Waals surface area contributed by atoms with Gasteiger partial charge in [-0.2, -0.15) is 0 Å². The van der Waals surface area contributed by atoms with Crippen molar-refractivity contribution in [3.63, 3.8) is 0 Å². The maximum Gasteiger partial charge on any atom is 0.220 e. The number of amides is 1. The monoisotopic (exact) mass is 413 g/mol. The van der Waals surface area contributed by atoms with E-state index >= 15 is 0 Å². The molecule has 0 aliphatic carbocycles. The predicted octanol–water partition coefficient (Wildman–Crippen LogP) is 4.58. The van der Waals surface area contributed by atoms with E-state index in [0.717, 1.165) is 16.5 Å². The minimum atomic E-state index is -3.22. The van der Waals surface area contributed by atoms with Crippen molar-refractivity contribution < 1.29 is 17.6 Å². The fourth-order valence-corrected chi connectivity index (χ4v) is 4.23. The number of benzene rings is 3. The summed E-state index contributed by atoms with van der Waals surface area (Å²) in [6.07, 6.45) is 0.790. The molecule has 4 nitrogen and oxygen atoms in total. The van der Waals surface area contributed by atoms with Gasteiger partial charge in [0.05, 0.1) is 16.7 Å². The van der Waals surface area contributed by atoms with Gasteiger partial charge in [-0.25, -0.2) is 12.8 Å². The summed E-state index contributed by atoms with van der Waals surface area (Å²) in [5.41, 5.74) is 1.76. The molecule has 6 heteroatoms. The lowest BCUT2D eigenvalue weighted by molar-refractivity contribution is -0.121. The summed E-state index contributed by atoms with van der Waals surface area (Å²) in [4.78, 5) is 12.7. The Morgan fingerprint density at radius 1 is 1.00 bits per heavy atom. The molecule has 0 bridgehead atoms. The van der Waals surface area contributed by atoms with Crippen LogP contribution < -0.4 is 5.32 Å². The fourth-order valence-electron chi connectivity index (χ4n) is 3.34. The van der Waals surface area contributed by atoms with Gasteiger partial charge in [-0.3, -0.25) is 4.79 Å². The molecule has 0 saturated carbocycles. The number of halogens is 1. The number of nitrogens with one attached hydrogen (secondary N) is 1. The Morgan fingerprint density at radius 2 is 1.66 bits per heavy atom. The zero-order valence-electron chi connectivity index (χ0n) is 16.5. The zero-order valence-corrected chi connectivity index (χ0v) is 17.3. The van der Waals surface area contributed by atoms with E-state index in [1.54, 1.807) is 49.4 Å². The molecule has 0 radical (unpaired) electrons. The van der Waals surface area contributed by atoms with E-state index in [1.807, 2.05) is 19.1 Å². The molecule has 1 amide bonds. The van der Waals surface area contributed by atoms with E-state index < -0.39 is 9.84 Å². The average Bonchev–Trinajstić information content (AvgIpc) is 2.73. The predicted molar refractivity (Wildman–Crippen MR) is 113 cm³/mol. The van der Waals surface area contributed by atoms with Crippen LogP contribution in [-0.4, -0.2) is 20.1 Å². The first kappa shape index (κ1) is 21.0. The summed E-state index contributed by atoms with van der Waals surface area (Å²) in [7, 11) is -3.22. The average molecular weight is 414 g/mol. The molecule has 0 saturated heterocycles. The van der Waals surface area contributed by atoms with Crippen LogP contribution in [0.4, 0.5) is 4.39 Å². The molecule has 0 heterocycles. The van der Waals surface area contributed by atoms with Gasteiger partial charge < -0.3 is 5.32 Å². The molecule has 0 fully saturated rings. The molecule has 1 N–H and O–H groups in total. The lowest BCUT2D eigenvalue weighted by Crippen LogP contribution is -2.27. The van der Waals surface area contributed by atoms with Gasteiger partial charge in [0.25, 0.3) is 0 Å². The first-order valence-electron chi connectivity index (χ1n) is 9.60. The first-order chi connectivity index (χ1) is 13.8. The quantitative estimate of drug-likeness (QED) is 0.617. The Balaban J connectivity index is 1.64. The first-order valence-corrected chi connectivity index (χ1v) is 11.2. The standard InChI is InChI=1S/C23H24FNO3S/c1-3-29(27,28)18-11-8-17(9-12-18)10-15-23(26)25-16(2)19-13-14-22(24)21-7-5-4-6-20(19)21/h4-9,11-14,16H,3,10,15H2,1-2H3,(H,25,26). The Bertz CT molecular complexity index is 1120. The number of carbonyl (C=O) groups is 1. The second-order valence-electron chi connectivity index (χ2n) is 7.02. The van der Waals surface area contributed by atoms with Crippen LogP contribution in [0.5, 0.6) is 0 Å². The van der Waals surface area contributed by atoms with Crippen molar-refractivity contribution in [3.05, 3.63) is 77.6 Å². The highest BCUT2D eigenvalue weighted by Crippen LogP contribution is 2.26. The third kappa shape index (κ3) is 4.82. The Morgan fingerprint density at radius 3 is 2.31 bits per heavy atom. The molecule has 29 heavy (non-hydrogen) atoms. The van der Waals surface area contributed by atoms with Crippen molar-refractivity contribution in [1.29, 1.82) is 0 Å². The van der Waals surface area contributed by atoms with E-state index in [4.69, 9.17) is 0 Å². The summed E-state index contributed by atoms with van der Waals surface area (Å²) in [6, 6.07) is 16.7. The molecular weight excluding hydrogens is 389 g/mol. The second kappa shape index (κ2) is 8.74. The minimum absolute atomic E-state index is 0.0602. The molecule has 0 aliphatic heterocycles. The van der Waals surface area contributed by atoms with Crippen LogP contribution in [0.25, 0.3) is 10.8 Å². The number of aryl methyl sites for hydroxylation is 1. The summed E-state index contributed by atoms with van der Waals surface area (Å²) in [5.74, 6) is -0.336. The van der Waals surface area contributed by atoms with Crippen LogP contribution in [0.3, 0.4) is 0 Å². The molecule has 0 aromatic heterocycles. The molecular formula is C23H24FNO3S. The van der Waals surface area contributed by atoms with Gasteiger partial charge in [-0.15, -0.1) is 0 Å². The molecule has 3 rings (SSSR count). The number of hydrogen-bond donors (Lipinski definition) is 1. The van der Waals surface area contributed by atoms with Crippen molar-refractivity contribution in [2.24, 2.45) is 0 Å². The van der Waals surface area contributed by atoms with E-state index in [9.17, 15) is 17.6 Å². The van der Waals surface area contributed by atoms with Crippen LogP contribution in [-0.2, 0) is 21.1 Å². The number of hydrogen-bond acceptors (Lipinski definition) is 3. The number of sulfone groups is 1. The molecule has 1 atom stereocenters. The lowest BCUT2D eigenvalue weighted by atomic mass is 9.99. The van der Waals surface area contributed by atoms with E-state index in [2.05, 4.69) is 5.32 Å². The highest BCUT2D eigenvalue weighted by Gasteiger charge is 2.15. The van der Waals surface area contributed by atoms with Gasteiger partial charge in [0.2, 0.25) is 5.91 Å². The Labute approximate surface area is 170 Å². The topological polar surface area (TPSA) is 63.2 Å². The summed E-state index contributed by atoms with van der Waals surface area (Å²) in [6.45, 7) is 3.49. The number of rotatable bonds is 7. The maximum atomic E-state index is 14.0. The van der Waals surface area contributed by atoms with Gasteiger partial charge in [0, 0.05) is 11.8 Å². The molecule has 152 valence electrons. The largest absolute Gasteiger partial charge is 0.350 e. The smallest absolute Gasteiger partial charge is 0.220 e. The molecule has 0 spiro atoms. The third-order valence-electron chi connectivity index (χ3n) is 5.05. The molecule has 3 aromatic rings. The van der Waals surface area contributed by atoms with Gasteiger partial charge in [-0.05, 0) is 48.1 Å². The van der Waals surface area contributed by atoms with E-state index in [-0.39, 0.29) is 29.9 Å². The Hall–Kier alpha value is -2.73. The van der Waals surface area contributed by atoms with E-state index in [0.29, 0.717) is 16.7 Å². The minimum Gasteiger partial charge on any atom is -0.350 e. The van der Waals surface area contributed by atoms with Gasteiger partial charge in [0.1, 0.15) is 5.82 Å².